The number of aryl methyl sites for hydroxylation is 1. The van der Waals surface area contributed by atoms with Crippen molar-refractivity contribution in [2.24, 2.45) is 0 Å². The highest BCUT2D eigenvalue weighted by atomic mass is 79.9. The molecule has 0 saturated carbocycles. The van der Waals surface area contributed by atoms with E-state index in [0.717, 1.165) is 29.3 Å². The summed E-state index contributed by atoms with van der Waals surface area (Å²) in [5.74, 6) is 0. The molecule has 0 aliphatic carbocycles. The minimum absolute atomic E-state index is 0.000000000000000666. The molecule has 0 aliphatic rings. The summed E-state index contributed by atoms with van der Waals surface area (Å²) in [6.45, 7) is 8.51. The van der Waals surface area contributed by atoms with Gasteiger partial charge < -0.3 is 9.64 Å². The summed E-state index contributed by atoms with van der Waals surface area (Å²) in [5, 5.41) is 2.10. The molecule has 1 amide bonds. The monoisotopic (exact) mass is 437 g/mol. The van der Waals surface area contributed by atoms with Crippen LogP contribution in [0.1, 0.15) is 57.0 Å². The van der Waals surface area contributed by atoms with Crippen molar-refractivity contribution in [2.45, 2.75) is 58.6 Å². The van der Waals surface area contributed by atoms with Gasteiger partial charge in [-0.1, -0.05) is 41.1 Å². The van der Waals surface area contributed by atoms with E-state index in [2.05, 4.69) is 52.5 Å². The van der Waals surface area contributed by atoms with Crippen LogP contribution in [0, 0.1) is 0 Å². The average molecular weight is 438 g/mol. The van der Waals surface area contributed by atoms with E-state index in [1.807, 2.05) is 37.8 Å². The normalized spacial score (nSPS) is 12.7. The lowest BCUT2D eigenvalue weighted by atomic mass is 9.99. The minimum atomic E-state index is -0.499. The van der Waals surface area contributed by atoms with E-state index >= 15 is 0 Å². The highest BCUT2D eigenvalue weighted by Gasteiger charge is 2.28. The van der Waals surface area contributed by atoms with Crippen LogP contribution in [0.4, 0.5) is 4.79 Å². The summed E-state index contributed by atoms with van der Waals surface area (Å²) in [4.78, 5) is 16.1. The zero-order valence-electron chi connectivity index (χ0n) is 16.0. The molecule has 0 radical (unpaired) electrons. The van der Waals surface area contributed by atoms with Crippen LogP contribution in [0.15, 0.2) is 46.3 Å². The molecule has 1 unspecified atom stereocenters. The Hall–Kier alpha value is -1.33. The number of ether oxygens (including phenoxy) is 1. The van der Waals surface area contributed by atoms with Crippen molar-refractivity contribution in [3.8, 4) is 0 Å². The van der Waals surface area contributed by atoms with Gasteiger partial charge in [0.15, 0.2) is 0 Å². The maximum absolute atomic E-state index is 12.9. The van der Waals surface area contributed by atoms with Crippen LogP contribution in [-0.4, -0.2) is 23.1 Å². The molecule has 2 rings (SSSR count). The van der Waals surface area contributed by atoms with Crippen LogP contribution in [0.5, 0.6) is 0 Å². The van der Waals surface area contributed by atoms with E-state index in [1.54, 1.807) is 11.3 Å². The second-order valence-corrected chi connectivity index (χ2v) is 9.31. The highest BCUT2D eigenvalue weighted by Crippen LogP contribution is 2.30. The number of carbonyl (C=O) groups is 1. The van der Waals surface area contributed by atoms with E-state index < -0.39 is 5.60 Å². The second-order valence-electron chi connectivity index (χ2n) is 7.36. The third kappa shape index (κ3) is 6.44. The van der Waals surface area contributed by atoms with E-state index in [9.17, 15) is 4.79 Å². The fourth-order valence-corrected chi connectivity index (χ4v) is 3.85. The van der Waals surface area contributed by atoms with Gasteiger partial charge in [0.05, 0.1) is 6.04 Å². The fourth-order valence-electron chi connectivity index (χ4n) is 2.86. The quantitative estimate of drug-likeness (QED) is 0.474. The molecule has 1 heterocycles. The number of hydrogen-bond acceptors (Lipinski definition) is 3. The van der Waals surface area contributed by atoms with Crippen molar-refractivity contribution in [3.05, 3.63) is 56.7 Å². The average Bonchev–Trinajstić information content (AvgIpc) is 3.07. The lowest BCUT2D eigenvalue weighted by Gasteiger charge is -2.34. The number of thiophene rings is 1. The number of carbonyl (C=O) groups excluding carboxylic acids is 1. The summed E-state index contributed by atoms with van der Waals surface area (Å²) < 4.78 is 6.74. The topological polar surface area (TPSA) is 29.5 Å². The Morgan fingerprint density at radius 1 is 1.23 bits per heavy atom. The van der Waals surface area contributed by atoms with Crippen LogP contribution in [0.25, 0.3) is 0 Å². The Balaban J connectivity index is 2.27. The number of benzene rings is 1. The summed E-state index contributed by atoms with van der Waals surface area (Å²) in [6.07, 6.45) is 2.48. The minimum Gasteiger partial charge on any atom is -0.444 e. The van der Waals surface area contributed by atoms with Crippen molar-refractivity contribution >= 4 is 33.4 Å². The van der Waals surface area contributed by atoms with Crippen molar-refractivity contribution < 1.29 is 9.53 Å². The molecule has 0 bridgehead atoms. The fraction of sp³-hybridized carbons (Fsp3) is 0.476. The Bertz CT molecular complexity index is 677. The van der Waals surface area contributed by atoms with Gasteiger partial charge in [-0.15, -0.1) is 11.3 Å². The van der Waals surface area contributed by atoms with E-state index in [1.165, 1.54) is 4.88 Å². The van der Waals surface area contributed by atoms with Crippen LogP contribution in [0.3, 0.4) is 0 Å². The number of amides is 1. The molecule has 2 aromatic rings. The Labute approximate surface area is 169 Å². The molecule has 1 atom stereocenters. The van der Waals surface area contributed by atoms with Crippen molar-refractivity contribution in [2.75, 3.05) is 6.54 Å². The number of halogens is 1. The molecule has 3 nitrogen and oxygen atoms in total. The molecule has 0 N–H and O–H groups in total. The van der Waals surface area contributed by atoms with Gasteiger partial charge in [-0.3, -0.25) is 0 Å². The van der Waals surface area contributed by atoms with Gasteiger partial charge in [0.1, 0.15) is 5.60 Å². The van der Waals surface area contributed by atoms with Crippen molar-refractivity contribution in [3.63, 3.8) is 0 Å². The molecule has 5 heteroatoms. The SMILES string of the molecule is CCCN(C(=O)OC(C)(C)C)C(CCc1cccs1)c1ccc(Br)cc1. The van der Waals surface area contributed by atoms with Gasteiger partial charge >= 0.3 is 6.09 Å². The lowest BCUT2D eigenvalue weighted by molar-refractivity contribution is 0.0148. The summed E-state index contributed by atoms with van der Waals surface area (Å²) >= 11 is 5.26. The maximum atomic E-state index is 12.9. The first-order chi connectivity index (χ1) is 12.3. The Kier molecular flexibility index (Phi) is 7.71. The summed E-state index contributed by atoms with van der Waals surface area (Å²) in [5.41, 5.74) is 0.644. The van der Waals surface area contributed by atoms with Gasteiger partial charge in [-0.05, 0) is 69.2 Å². The van der Waals surface area contributed by atoms with Crippen LogP contribution in [-0.2, 0) is 11.2 Å². The molecular formula is C21H28BrNO2S. The predicted molar refractivity (Wildman–Crippen MR) is 113 cm³/mol. The number of hydrogen-bond donors (Lipinski definition) is 0. The molecule has 1 aromatic heterocycles. The first kappa shape index (κ1) is 21.0. The van der Waals surface area contributed by atoms with Crippen LogP contribution in [0.2, 0.25) is 0 Å². The standard InChI is InChI=1S/C21H28BrNO2S/c1-5-14-23(20(24)25-21(2,3)4)19(13-12-18-7-6-15-26-18)16-8-10-17(22)11-9-16/h6-11,15,19H,5,12-14H2,1-4H3. The van der Waals surface area contributed by atoms with Crippen LogP contribution >= 0.6 is 27.3 Å². The van der Waals surface area contributed by atoms with Crippen molar-refractivity contribution in [1.29, 1.82) is 0 Å². The number of rotatable bonds is 7. The van der Waals surface area contributed by atoms with E-state index in [0.29, 0.717) is 6.54 Å². The molecule has 0 saturated heterocycles. The first-order valence-electron chi connectivity index (χ1n) is 9.07. The number of nitrogens with zero attached hydrogens (tertiary/aromatic N) is 1. The molecule has 1 aromatic carbocycles. The van der Waals surface area contributed by atoms with Gasteiger partial charge in [0, 0.05) is 15.9 Å². The third-order valence-electron chi connectivity index (χ3n) is 3.97. The molecule has 26 heavy (non-hydrogen) atoms. The molecule has 142 valence electrons. The molecular weight excluding hydrogens is 410 g/mol. The Morgan fingerprint density at radius 2 is 1.92 bits per heavy atom. The predicted octanol–water partition coefficient (Wildman–Crippen LogP) is 6.83. The Morgan fingerprint density at radius 3 is 2.46 bits per heavy atom. The molecule has 0 fully saturated rings. The molecule has 0 aliphatic heterocycles. The van der Waals surface area contributed by atoms with E-state index in [-0.39, 0.29) is 12.1 Å². The zero-order chi connectivity index (χ0) is 19.2. The van der Waals surface area contributed by atoms with Gasteiger partial charge in [-0.2, -0.15) is 0 Å². The lowest BCUT2D eigenvalue weighted by Crippen LogP contribution is -2.40. The highest BCUT2D eigenvalue weighted by molar-refractivity contribution is 9.10. The van der Waals surface area contributed by atoms with E-state index in [4.69, 9.17) is 4.74 Å². The second kappa shape index (κ2) is 9.56. The zero-order valence-corrected chi connectivity index (χ0v) is 18.4. The third-order valence-corrected chi connectivity index (χ3v) is 5.43. The van der Waals surface area contributed by atoms with Gasteiger partial charge in [0.2, 0.25) is 0 Å². The summed E-state index contributed by atoms with van der Waals surface area (Å²) in [6, 6.07) is 12.5. The maximum Gasteiger partial charge on any atom is 0.410 e. The smallest absolute Gasteiger partial charge is 0.410 e. The largest absolute Gasteiger partial charge is 0.444 e. The first-order valence-corrected chi connectivity index (χ1v) is 10.7. The van der Waals surface area contributed by atoms with Gasteiger partial charge in [-0.25, -0.2) is 4.79 Å². The summed E-state index contributed by atoms with van der Waals surface area (Å²) in [7, 11) is 0. The molecule has 0 spiro atoms. The van der Waals surface area contributed by atoms with Crippen LogP contribution < -0.4 is 0 Å². The van der Waals surface area contributed by atoms with Gasteiger partial charge in [0.25, 0.3) is 0 Å². The van der Waals surface area contributed by atoms with Crippen molar-refractivity contribution in [1.82, 2.24) is 4.90 Å².